The number of fused-ring (bicyclic) bond motifs is 1. The summed E-state index contributed by atoms with van der Waals surface area (Å²) in [5.74, 6) is -0.0221. The number of carbonyl (C=O) groups is 1. The fraction of sp³-hybridized carbons (Fsp3) is 0.733. The second-order valence-corrected chi connectivity index (χ2v) is 6.72. The first-order chi connectivity index (χ1) is 9.58. The Morgan fingerprint density at radius 2 is 2.19 bits per heavy atom. The number of nitrogens with zero attached hydrogens (tertiary/aromatic N) is 1. The molecule has 6 heteroatoms. The topological polar surface area (TPSA) is 69.8 Å². The van der Waals surface area contributed by atoms with E-state index in [9.17, 15) is 4.79 Å². The number of aromatic nitrogens is 2. The summed E-state index contributed by atoms with van der Waals surface area (Å²) in [6, 6.07) is 0.257. The highest BCUT2D eigenvalue weighted by Crippen LogP contribution is 2.35. The zero-order valence-corrected chi connectivity index (χ0v) is 13.6. The van der Waals surface area contributed by atoms with E-state index in [1.807, 2.05) is 0 Å². The van der Waals surface area contributed by atoms with E-state index in [1.165, 1.54) is 19.3 Å². The number of H-pyrrole nitrogens is 1. The minimum atomic E-state index is -0.0221. The van der Waals surface area contributed by atoms with Crippen molar-refractivity contribution < 1.29 is 4.79 Å². The molecule has 1 aromatic heterocycles. The molecular weight excluding hydrogens is 288 g/mol. The third kappa shape index (κ3) is 3.24. The van der Waals surface area contributed by atoms with Crippen LogP contribution in [0.5, 0.6) is 0 Å². The average Bonchev–Trinajstić information content (AvgIpc) is 2.85. The molecule has 1 atom stereocenters. The van der Waals surface area contributed by atoms with Gasteiger partial charge in [0.2, 0.25) is 0 Å². The third-order valence-corrected chi connectivity index (χ3v) is 4.83. The zero-order chi connectivity index (χ0) is 14.2. The van der Waals surface area contributed by atoms with Gasteiger partial charge in [-0.3, -0.25) is 9.89 Å². The Bertz CT molecular complexity index is 512. The number of hydrogen-bond acceptors (Lipinski definition) is 3. The van der Waals surface area contributed by atoms with Crippen LogP contribution in [0.3, 0.4) is 0 Å². The van der Waals surface area contributed by atoms with Crippen molar-refractivity contribution in [3.8, 4) is 0 Å². The van der Waals surface area contributed by atoms with Gasteiger partial charge in [0.15, 0.2) is 5.69 Å². The van der Waals surface area contributed by atoms with Crippen LogP contribution >= 0.6 is 12.4 Å². The Kier molecular flexibility index (Phi) is 4.94. The Labute approximate surface area is 132 Å². The lowest BCUT2D eigenvalue weighted by Gasteiger charge is -2.38. The Morgan fingerprint density at radius 1 is 1.38 bits per heavy atom. The van der Waals surface area contributed by atoms with Crippen LogP contribution in [0.25, 0.3) is 0 Å². The predicted molar refractivity (Wildman–Crippen MR) is 84.7 cm³/mol. The number of halogens is 1. The molecular formula is C15H25ClN4O. The van der Waals surface area contributed by atoms with Gasteiger partial charge in [-0.15, -0.1) is 12.4 Å². The van der Waals surface area contributed by atoms with Crippen LogP contribution in [0, 0.1) is 5.41 Å². The summed E-state index contributed by atoms with van der Waals surface area (Å²) in [6.07, 6.45) is 5.64. The third-order valence-electron chi connectivity index (χ3n) is 4.83. The van der Waals surface area contributed by atoms with Crippen LogP contribution in [0.1, 0.15) is 61.3 Å². The smallest absolute Gasteiger partial charge is 0.272 e. The minimum absolute atomic E-state index is 0. The molecule has 0 radical (unpaired) electrons. The monoisotopic (exact) mass is 312 g/mol. The van der Waals surface area contributed by atoms with Gasteiger partial charge < -0.3 is 10.6 Å². The summed E-state index contributed by atoms with van der Waals surface area (Å²) < 4.78 is 0. The van der Waals surface area contributed by atoms with E-state index in [-0.39, 0.29) is 29.8 Å². The van der Waals surface area contributed by atoms with E-state index in [0.29, 0.717) is 5.69 Å². The molecule has 2 heterocycles. The molecule has 118 valence electrons. The molecule has 0 aromatic carbocycles. The van der Waals surface area contributed by atoms with Crippen LogP contribution in [-0.4, -0.2) is 28.7 Å². The average molecular weight is 313 g/mol. The van der Waals surface area contributed by atoms with Crippen LogP contribution in [0.2, 0.25) is 0 Å². The Balaban J connectivity index is 0.00000161. The molecule has 21 heavy (non-hydrogen) atoms. The van der Waals surface area contributed by atoms with Crippen molar-refractivity contribution >= 4 is 18.3 Å². The number of nitrogens with one attached hydrogen (secondary N) is 3. The molecule has 3 rings (SSSR count). The number of amides is 1. The van der Waals surface area contributed by atoms with Crippen LogP contribution < -0.4 is 10.6 Å². The highest BCUT2D eigenvalue weighted by Gasteiger charge is 2.34. The van der Waals surface area contributed by atoms with Crippen molar-refractivity contribution in [2.24, 2.45) is 5.41 Å². The van der Waals surface area contributed by atoms with Crippen molar-refractivity contribution in [2.45, 2.75) is 58.5 Å². The Morgan fingerprint density at radius 3 is 2.95 bits per heavy atom. The van der Waals surface area contributed by atoms with Gasteiger partial charge in [0.05, 0.1) is 0 Å². The maximum Gasteiger partial charge on any atom is 0.272 e. The predicted octanol–water partition coefficient (Wildman–Crippen LogP) is 2.18. The molecule has 2 aliphatic rings. The minimum Gasteiger partial charge on any atom is -0.347 e. The molecule has 1 aromatic rings. The second kappa shape index (κ2) is 6.36. The van der Waals surface area contributed by atoms with Gasteiger partial charge >= 0.3 is 0 Å². The highest BCUT2D eigenvalue weighted by atomic mass is 35.5. The maximum absolute atomic E-state index is 12.5. The lowest BCUT2D eigenvalue weighted by atomic mass is 9.73. The van der Waals surface area contributed by atoms with E-state index in [0.717, 1.165) is 37.2 Å². The fourth-order valence-electron chi connectivity index (χ4n) is 3.40. The summed E-state index contributed by atoms with van der Waals surface area (Å²) in [5, 5.41) is 13.8. The van der Waals surface area contributed by atoms with Gasteiger partial charge in [-0.1, -0.05) is 26.7 Å². The van der Waals surface area contributed by atoms with Crippen molar-refractivity contribution in [2.75, 3.05) is 6.54 Å². The van der Waals surface area contributed by atoms with E-state index < -0.39 is 0 Å². The maximum atomic E-state index is 12.5. The molecule has 1 aliphatic heterocycles. The van der Waals surface area contributed by atoms with Gasteiger partial charge in [0.25, 0.3) is 5.91 Å². The first kappa shape index (κ1) is 16.3. The first-order valence-electron chi connectivity index (χ1n) is 7.65. The lowest BCUT2D eigenvalue weighted by Crippen LogP contribution is -2.47. The van der Waals surface area contributed by atoms with Gasteiger partial charge in [0, 0.05) is 36.8 Å². The summed E-state index contributed by atoms with van der Waals surface area (Å²) in [5.41, 5.74) is 2.91. The number of aromatic amines is 1. The zero-order valence-electron chi connectivity index (χ0n) is 12.8. The molecule has 0 saturated heterocycles. The van der Waals surface area contributed by atoms with Crippen molar-refractivity contribution in [1.82, 2.24) is 20.8 Å². The van der Waals surface area contributed by atoms with Crippen LogP contribution in [-0.2, 0) is 13.0 Å². The van der Waals surface area contributed by atoms with Crippen LogP contribution in [0.4, 0.5) is 0 Å². The molecule has 3 N–H and O–H groups in total. The fourth-order valence-corrected chi connectivity index (χ4v) is 3.40. The van der Waals surface area contributed by atoms with Gasteiger partial charge in [0.1, 0.15) is 0 Å². The summed E-state index contributed by atoms with van der Waals surface area (Å²) in [4.78, 5) is 12.5. The van der Waals surface area contributed by atoms with E-state index in [4.69, 9.17) is 0 Å². The highest BCUT2D eigenvalue weighted by molar-refractivity contribution is 5.94. The van der Waals surface area contributed by atoms with Gasteiger partial charge in [-0.25, -0.2) is 0 Å². The van der Waals surface area contributed by atoms with Crippen molar-refractivity contribution in [3.63, 3.8) is 0 Å². The normalized spacial score (nSPS) is 23.8. The Hall–Kier alpha value is -1.07. The molecule has 1 aliphatic carbocycles. The molecule has 1 unspecified atom stereocenters. The summed E-state index contributed by atoms with van der Waals surface area (Å²) in [7, 11) is 0. The van der Waals surface area contributed by atoms with Crippen molar-refractivity contribution in [1.29, 1.82) is 0 Å². The van der Waals surface area contributed by atoms with Gasteiger partial charge in [-0.2, -0.15) is 5.10 Å². The second-order valence-electron chi connectivity index (χ2n) is 6.72. The first-order valence-corrected chi connectivity index (χ1v) is 7.65. The van der Waals surface area contributed by atoms with Crippen LogP contribution in [0.15, 0.2) is 0 Å². The summed E-state index contributed by atoms with van der Waals surface area (Å²) >= 11 is 0. The molecule has 0 bridgehead atoms. The summed E-state index contributed by atoms with van der Waals surface area (Å²) in [6.45, 7) is 6.19. The molecule has 1 saturated carbocycles. The standard InChI is InChI=1S/C15H24N4O.ClH/c1-15(2)7-4-3-5-12(15)17-14(20)13-10-9-16-8-6-11(10)18-19-13;/h12,16H,3-9H2,1-2H3,(H,17,20)(H,18,19);1H. The molecule has 0 spiro atoms. The van der Waals surface area contributed by atoms with E-state index in [2.05, 4.69) is 34.7 Å². The SMILES string of the molecule is CC1(C)CCCCC1NC(=O)c1n[nH]c2c1CNCC2.Cl. The molecule has 1 fully saturated rings. The largest absolute Gasteiger partial charge is 0.347 e. The van der Waals surface area contributed by atoms with Gasteiger partial charge in [-0.05, 0) is 18.3 Å². The molecule has 1 amide bonds. The number of rotatable bonds is 2. The lowest BCUT2D eigenvalue weighted by molar-refractivity contribution is 0.0847. The quantitative estimate of drug-likeness (QED) is 0.784. The number of carbonyl (C=O) groups excluding carboxylic acids is 1. The molecule has 5 nitrogen and oxygen atoms in total. The van der Waals surface area contributed by atoms with E-state index >= 15 is 0 Å². The van der Waals surface area contributed by atoms with Crippen molar-refractivity contribution in [3.05, 3.63) is 17.0 Å². The number of hydrogen-bond donors (Lipinski definition) is 3. The van der Waals surface area contributed by atoms with E-state index in [1.54, 1.807) is 0 Å².